The van der Waals surface area contributed by atoms with Gasteiger partial charge in [0.25, 0.3) is 0 Å². The van der Waals surface area contributed by atoms with Crippen molar-refractivity contribution in [1.29, 1.82) is 0 Å². The Kier molecular flexibility index (Phi) is 10.5. The van der Waals surface area contributed by atoms with E-state index in [4.69, 9.17) is 35.3 Å². The number of alkyl carbamates (subject to hydrolysis) is 1. The number of allylic oxidation sites excluding steroid dienone is 3. The molecule has 4 bridgehead atoms. The SMILES string of the molecule is COc1cc2cc(c1Cl)N(C)C(=O)C[C@H](OC(=O)CC(C)(C)O)[C@]1(C)O[C@@H]1[C@H](C)[C@H]1C[C@](O)(NC(=O)O1)[C@H](OC)C=CC=C(C)C2. The van der Waals surface area contributed by atoms with Crippen molar-refractivity contribution in [3.63, 3.8) is 0 Å². The molecule has 13 heteroatoms. The van der Waals surface area contributed by atoms with Gasteiger partial charge >= 0.3 is 12.1 Å². The van der Waals surface area contributed by atoms with Crippen LogP contribution in [-0.2, 0) is 35.0 Å². The fourth-order valence-electron chi connectivity index (χ4n) is 6.16. The zero-order valence-corrected chi connectivity index (χ0v) is 28.3. The lowest BCUT2D eigenvalue weighted by Crippen LogP contribution is -2.63. The number of hydrogen-bond acceptors (Lipinski definition) is 10. The van der Waals surface area contributed by atoms with Gasteiger partial charge in [-0.05, 0) is 51.8 Å². The summed E-state index contributed by atoms with van der Waals surface area (Å²) < 4.78 is 28.7. The molecule has 254 valence electrons. The topological polar surface area (TPSA) is 156 Å². The summed E-state index contributed by atoms with van der Waals surface area (Å²) in [6, 6.07) is 3.59. The Balaban J connectivity index is 1.79. The Hall–Kier alpha value is -3.16. The number of halogens is 1. The summed E-state index contributed by atoms with van der Waals surface area (Å²) in [4.78, 5) is 40.9. The lowest BCUT2D eigenvalue weighted by Gasteiger charge is -2.42. The van der Waals surface area contributed by atoms with Gasteiger partial charge in [-0.3, -0.25) is 14.9 Å². The first-order valence-corrected chi connectivity index (χ1v) is 15.6. The predicted octanol–water partition coefficient (Wildman–Crippen LogP) is 3.83. The Labute approximate surface area is 274 Å². The molecule has 3 heterocycles. The van der Waals surface area contributed by atoms with Crippen molar-refractivity contribution in [1.82, 2.24) is 5.32 Å². The number of benzene rings is 1. The average molecular weight is 665 g/mol. The first-order valence-electron chi connectivity index (χ1n) is 15.2. The summed E-state index contributed by atoms with van der Waals surface area (Å²) in [5.74, 6) is -1.24. The minimum atomic E-state index is -1.80. The number of esters is 1. The van der Waals surface area contributed by atoms with Gasteiger partial charge in [-0.1, -0.05) is 42.3 Å². The molecule has 46 heavy (non-hydrogen) atoms. The lowest BCUT2D eigenvalue weighted by atomic mass is 9.83. The normalized spacial score (nSPS) is 32.1. The maximum atomic E-state index is 13.9. The number of amides is 2. The van der Waals surface area contributed by atoms with Crippen molar-refractivity contribution in [3.05, 3.63) is 46.5 Å². The summed E-state index contributed by atoms with van der Waals surface area (Å²) >= 11 is 6.69. The monoisotopic (exact) mass is 664 g/mol. The first-order chi connectivity index (χ1) is 21.4. The summed E-state index contributed by atoms with van der Waals surface area (Å²) in [5.41, 5.74) is -2.14. The molecule has 3 aliphatic rings. The van der Waals surface area contributed by atoms with Gasteiger partial charge in [0.15, 0.2) is 5.72 Å². The van der Waals surface area contributed by atoms with Gasteiger partial charge < -0.3 is 38.8 Å². The number of nitrogens with one attached hydrogen (secondary N) is 1. The fourth-order valence-corrected chi connectivity index (χ4v) is 6.47. The zero-order chi connectivity index (χ0) is 34.2. The summed E-state index contributed by atoms with van der Waals surface area (Å²) in [7, 11) is 4.50. The second-order valence-corrected chi connectivity index (χ2v) is 13.6. The number of epoxide rings is 1. The molecule has 7 atom stereocenters. The van der Waals surface area contributed by atoms with E-state index in [2.05, 4.69) is 5.32 Å². The summed E-state index contributed by atoms with van der Waals surface area (Å²) in [5, 5.41) is 24.6. The van der Waals surface area contributed by atoms with Crippen LogP contribution in [0.3, 0.4) is 0 Å². The number of rotatable bonds is 5. The van der Waals surface area contributed by atoms with Crippen molar-refractivity contribution >= 4 is 35.3 Å². The Morgan fingerprint density at radius 2 is 1.96 bits per heavy atom. The van der Waals surface area contributed by atoms with Crippen LogP contribution in [0, 0.1) is 5.92 Å². The van der Waals surface area contributed by atoms with Gasteiger partial charge in [-0.25, -0.2) is 4.79 Å². The molecule has 0 spiro atoms. The van der Waals surface area contributed by atoms with Gasteiger partial charge in [0, 0.05) is 26.5 Å². The number of methoxy groups -OCH3 is 2. The molecule has 1 aromatic carbocycles. The van der Waals surface area contributed by atoms with Crippen LogP contribution < -0.4 is 15.0 Å². The second kappa shape index (κ2) is 13.5. The number of ether oxygens (including phenoxy) is 5. The Morgan fingerprint density at radius 3 is 2.59 bits per heavy atom. The van der Waals surface area contributed by atoms with Crippen LogP contribution in [0.15, 0.2) is 35.9 Å². The van der Waals surface area contributed by atoms with Crippen molar-refractivity contribution < 1.29 is 48.3 Å². The van der Waals surface area contributed by atoms with Crippen LogP contribution >= 0.6 is 11.6 Å². The number of carbonyl (C=O) groups is 3. The van der Waals surface area contributed by atoms with E-state index in [0.29, 0.717) is 17.9 Å². The van der Waals surface area contributed by atoms with Crippen LogP contribution in [-0.4, -0.2) is 90.8 Å². The second-order valence-electron chi connectivity index (χ2n) is 13.3. The molecule has 0 unspecified atom stereocenters. The zero-order valence-electron chi connectivity index (χ0n) is 27.6. The number of hydrogen-bond donors (Lipinski definition) is 3. The molecule has 0 radical (unpaired) electrons. The average Bonchev–Trinajstić information content (AvgIpc) is 3.65. The molecule has 2 saturated heterocycles. The molecule has 0 saturated carbocycles. The lowest BCUT2D eigenvalue weighted by molar-refractivity contribution is -0.158. The molecular weight excluding hydrogens is 620 g/mol. The summed E-state index contributed by atoms with van der Waals surface area (Å²) in [6.45, 7) is 8.40. The molecule has 2 amide bonds. The van der Waals surface area contributed by atoms with Crippen molar-refractivity contribution in [2.45, 2.75) is 102 Å². The molecule has 12 nitrogen and oxygen atoms in total. The minimum Gasteiger partial charge on any atom is -0.495 e. The molecular formula is C33H45ClN2O10. The van der Waals surface area contributed by atoms with Crippen molar-refractivity contribution in [3.8, 4) is 5.75 Å². The molecule has 0 aliphatic carbocycles. The Bertz CT molecular complexity index is 1410. The molecule has 1 aromatic rings. The number of carbonyl (C=O) groups excluding carboxylic acids is 3. The smallest absolute Gasteiger partial charge is 0.409 e. The third kappa shape index (κ3) is 7.86. The van der Waals surface area contributed by atoms with E-state index in [1.165, 1.54) is 33.0 Å². The quantitative estimate of drug-likeness (QED) is 0.312. The van der Waals surface area contributed by atoms with Crippen LogP contribution in [0.4, 0.5) is 10.5 Å². The van der Waals surface area contributed by atoms with E-state index in [1.54, 1.807) is 45.2 Å². The van der Waals surface area contributed by atoms with Crippen LogP contribution in [0.2, 0.25) is 5.02 Å². The standard InChI is InChI=1S/C33H45ClN2O10/c1-18-10-9-11-24(43-8)33(41)16-23(44-30(39)35-33)19(2)29-32(5,46-29)25(45-27(38)17-31(3,4)40)15-26(37)36(6)21-13-20(12-18)14-22(42-7)28(21)34/h9-11,13-14,19,23-25,29,40-41H,12,15-17H2,1-8H3,(H,35,39)/t19-,23-,24-,25+,29-,32+,33-/m1/s1. The van der Waals surface area contributed by atoms with Gasteiger partial charge in [0.05, 0.1) is 37.3 Å². The van der Waals surface area contributed by atoms with Gasteiger partial charge in [0.1, 0.15) is 34.7 Å². The van der Waals surface area contributed by atoms with E-state index in [9.17, 15) is 24.6 Å². The highest BCUT2D eigenvalue weighted by atomic mass is 35.5. The molecule has 3 aliphatic heterocycles. The van der Waals surface area contributed by atoms with Crippen LogP contribution in [0.25, 0.3) is 0 Å². The van der Waals surface area contributed by atoms with E-state index < -0.39 is 65.2 Å². The maximum absolute atomic E-state index is 13.9. The minimum absolute atomic E-state index is 0.0314. The first kappa shape index (κ1) is 35.7. The van der Waals surface area contributed by atoms with Crippen LogP contribution in [0.1, 0.15) is 59.4 Å². The van der Waals surface area contributed by atoms with E-state index in [1.807, 2.05) is 13.0 Å². The number of aliphatic hydroxyl groups is 2. The molecule has 0 aromatic heterocycles. The summed E-state index contributed by atoms with van der Waals surface area (Å²) in [6.07, 6.45) is 0.857. The van der Waals surface area contributed by atoms with Crippen molar-refractivity contribution in [2.24, 2.45) is 5.92 Å². The third-order valence-corrected chi connectivity index (χ3v) is 9.18. The molecule has 4 rings (SSSR count). The van der Waals surface area contributed by atoms with Gasteiger partial charge in [0.2, 0.25) is 5.91 Å². The maximum Gasteiger partial charge on any atom is 0.409 e. The highest BCUT2D eigenvalue weighted by molar-refractivity contribution is 6.35. The molecule has 2 fully saturated rings. The number of nitrogens with zero attached hydrogens (tertiary/aromatic N) is 1. The van der Waals surface area contributed by atoms with E-state index in [-0.39, 0.29) is 24.3 Å². The van der Waals surface area contributed by atoms with Gasteiger partial charge in [-0.15, -0.1) is 0 Å². The highest BCUT2D eigenvalue weighted by Crippen LogP contribution is 2.49. The van der Waals surface area contributed by atoms with Crippen molar-refractivity contribution in [2.75, 3.05) is 26.2 Å². The third-order valence-electron chi connectivity index (χ3n) is 8.80. The Morgan fingerprint density at radius 1 is 1.26 bits per heavy atom. The van der Waals surface area contributed by atoms with Gasteiger partial charge in [-0.2, -0.15) is 0 Å². The van der Waals surface area contributed by atoms with E-state index >= 15 is 0 Å². The number of anilines is 1. The van der Waals surface area contributed by atoms with E-state index in [0.717, 1.165) is 11.1 Å². The fraction of sp³-hybridized carbons (Fsp3) is 0.606. The number of fused-ring (bicyclic) bond motifs is 5. The van der Waals surface area contributed by atoms with Crippen LogP contribution in [0.5, 0.6) is 5.75 Å². The highest BCUT2D eigenvalue weighted by Gasteiger charge is 2.64. The largest absolute Gasteiger partial charge is 0.495 e. The molecule has 3 N–H and O–H groups in total. The predicted molar refractivity (Wildman–Crippen MR) is 170 cm³/mol.